The van der Waals surface area contributed by atoms with Crippen molar-refractivity contribution in [3.05, 3.63) is 47.8 Å². The Morgan fingerprint density at radius 1 is 1.23 bits per heavy atom. The fourth-order valence-electron chi connectivity index (χ4n) is 2.86. The molecule has 1 saturated carbocycles. The monoisotopic (exact) mass is 355 g/mol. The molecular weight excluding hydrogens is 330 g/mol. The van der Waals surface area contributed by atoms with Crippen LogP contribution >= 0.6 is 0 Å². The minimum atomic E-state index is -0.534. The number of nitrogens with zero attached hydrogens (tertiary/aromatic N) is 2. The normalized spacial score (nSPS) is 13.7. The van der Waals surface area contributed by atoms with E-state index in [2.05, 4.69) is 10.4 Å². The molecule has 1 aliphatic carbocycles. The number of para-hydroxylation sites is 1. The SMILES string of the molecule is CCC(CC)NC(=O)COC(=O)c1cc(C2CC2)nn1-c1ccccc1. The van der Waals surface area contributed by atoms with Gasteiger partial charge in [-0.15, -0.1) is 0 Å². The van der Waals surface area contributed by atoms with Gasteiger partial charge >= 0.3 is 5.97 Å². The highest BCUT2D eigenvalue weighted by molar-refractivity contribution is 5.90. The predicted molar refractivity (Wildman–Crippen MR) is 98.3 cm³/mol. The Morgan fingerprint density at radius 2 is 1.92 bits per heavy atom. The molecule has 0 spiro atoms. The van der Waals surface area contributed by atoms with Gasteiger partial charge in [-0.25, -0.2) is 9.48 Å². The van der Waals surface area contributed by atoms with Crippen molar-refractivity contribution in [3.63, 3.8) is 0 Å². The standard InChI is InChI=1S/C20H25N3O3/c1-3-15(4-2)21-19(24)13-26-20(25)18-12-17(14-10-11-14)22-23(18)16-8-6-5-7-9-16/h5-9,12,14-15H,3-4,10-11,13H2,1-2H3,(H,21,24). The van der Waals surface area contributed by atoms with Crippen LogP contribution in [0, 0.1) is 0 Å². The van der Waals surface area contributed by atoms with Crippen LogP contribution in [0.4, 0.5) is 0 Å². The van der Waals surface area contributed by atoms with Crippen LogP contribution in [0.1, 0.15) is 61.6 Å². The zero-order chi connectivity index (χ0) is 18.5. The highest BCUT2D eigenvalue weighted by Crippen LogP contribution is 2.39. The Bertz CT molecular complexity index is 762. The number of ether oxygens (including phenoxy) is 1. The number of rotatable bonds is 8. The summed E-state index contributed by atoms with van der Waals surface area (Å²) in [6.45, 7) is 3.74. The molecule has 0 aliphatic heterocycles. The minimum absolute atomic E-state index is 0.109. The maximum Gasteiger partial charge on any atom is 0.357 e. The molecule has 1 N–H and O–H groups in total. The zero-order valence-electron chi connectivity index (χ0n) is 15.3. The molecule has 1 amide bonds. The molecule has 0 unspecified atom stereocenters. The third-order valence-electron chi connectivity index (χ3n) is 4.62. The maximum atomic E-state index is 12.6. The Morgan fingerprint density at radius 3 is 2.54 bits per heavy atom. The van der Waals surface area contributed by atoms with Gasteiger partial charge in [0.15, 0.2) is 12.3 Å². The molecule has 1 aromatic carbocycles. The number of nitrogens with one attached hydrogen (secondary N) is 1. The summed E-state index contributed by atoms with van der Waals surface area (Å²) < 4.78 is 6.85. The van der Waals surface area contributed by atoms with Gasteiger partial charge in [-0.05, 0) is 43.9 Å². The molecule has 1 fully saturated rings. The number of aromatic nitrogens is 2. The molecule has 6 nitrogen and oxygen atoms in total. The second-order valence-electron chi connectivity index (χ2n) is 6.63. The van der Waals surface area contributed by atoms with Crippen molar-refractivity contribution in [2.45, 2.75) is 51.5 Å². The zero-order valence-corrected chi connectivity index (χ0v) is 15.3. The molecule has 0 bridgehead atoms. The highest BCUT2D eigenvalue weighted by atomic mass is 16.5. The Labute approximate surface area is 153 Å². The number of benzene rings is 1. The summed E-state index contributed by atoms with van der Waals surface area (Å²) in [4.78, 5) is 24.5. The van der Waals surface area contributed by atoms with Crippen molar-refractivity contribution < 1.29 is 14.3 Å². The van der Waals surface area contributed by atoms with Crippen LogP contribution in [-0.4, -0.2) is 34.3 Å². The van der Waals surface area contributed by atoms with Crippen LogP contribution in [0.25, 0.3) is 5.69 Å². The molecule has 0 atom stereocenters. The van der Waals surface area contributed by atoms with Gasteiger partial charge < -0.3 is 10.1 Å². The lowest BCUT2D eigenvalue weighted by Crippen LogP contribution is -2.37. The summed E-state index contributed by atoms with van der Waals surface area (Å²) in [5.74, 6) is -0.391. The van der Waals surface area contributed by atoms with Gasteiger partial charge in [0.25, 0.3) is 5.91 Å². The van der Waals surface area contributed by atoms with E-state index in [1.165, 1.54) is 0 Å². The Kier molecular flexibility index (Phi) is 5.71. The van der Waals surface area contributed by atoms with Crippen LogP contribution in [0.3, 0.4) is 0 Å². The number of hydrogen-bond acceptors (Lipinski definition) is 4. The summed E-state index contributed by atoms with van der Waals surface area (Å²) in [5, 5.41) is 7.45. The van der Waals surface area contributed by atoms with Crippen LogP contribution < -0.4 is 5.32 Å². The minimum Gasteiger partial charge on any atom is -0.451 e. The molecule has 1 heterocycles. The molecule has 1 aromatic heterocycles. The van der Waals surface area contributed by atoms with Gasteiger partial charge in [-0.3, -0.25) is 4.79 Å². The Hall–Kier alpha value is -2.63. The lowest BCUT2D eigenvalue weighted by Gasteiger charge is -2.14. The third-order valence-corrected chi connectivity index (χ3v) is 4.62. The average molecular weight is 355 g/mol. The van der Waals surface area contributed by atoms with E-state index in [4.69, 9.17) is 4.74 Å². The molecule has 1 aliphatic rings. The third kappa shape index (κ3) is 4.31. The van der Waals surface area contributed by atoms with Gasteiger partial charge in [0.1, 0.15) is 0 Å². The number of hydrogen-bond donors (Lipinski definition) is 1. The molecule has 0 saturated heterocycles. The summed E-state index contributed by atoms with van der Waals surface area (Å²) in [6.07, 6.45) is 3.89. The first-order chi connectivity index (χ1) is 12.6. The molecule has 6 heteroatoms. The van der Waals surface area contributed by atoms with Gasteiger partial charge in [-0.1, -0.05) is 32.0 Å². The molecule has 2 aromatic rings. The van der Waals surface area contributed by atoms with Crippen LogP contribution in [-0.2, 0) is 9.53 Å². The first-order valence-corrected chi connectivity index (χ1v) is 9.24. The molecular formula is C20H25N3O3. The molecule has 26 heavy (non-hydrogen) atoms. The van der Waals surface area contributed by atoms with Crippen LogP contribution in [0.5, 0.6) is 0 Å². The van der Waals surface area contributed by atoms with Gasteiger partial charge in [0, 0.05) is 12.0 Å². The van der Waals surface area contributed by atoms with E-state index in [0.717, 1.165) is 37.1 Å². The van der Waals surface area contributed by atoms with Crippen molar-refractivity contribution in [1.29, 1.82) is 0 Å². The van der Waals surface area contributed by atoms with Crippen molar-refractivity contribution in [1.82, 2.24) is 15.1 Å². The second kappa shape index (κ2) is 8.17. The van der Waals surface area contributed by atoms with E-state index in [-0.39, 0.29) is 18.6 Å². The number of amides is 1. The number of esters is 1. The van der Waals surface area contributed by atoms with Crippen molar-refractivity contribution in [3.8, 4) is 5.69 Å². The number of carbonyl (C=O) groups excluding carboxylic acids is 2. The lowest BCUT2D eigenvalue weighted by atomic mass is 10.2. The van der Waals surface area contributed by atoms with Crippen LogP contribution in [0.15, 0.2) is 36.4 Å². The lowest BCUT2D eigenvalue weighted by molar-refractivity contribution is -0.125. The van der Waals surface area contributed by atoms with Gasteiger partial charge in [-0.2, -0.15) is 5.10 Å². The predicted octanol–water partition coefficient (Wildman–Crippen LogP) is 3.21. The maximum absolute atomic E-state index is 12.6. The van der Waals surface area contributed by atoms with E-state index in [1.54, 1.807) is 10.7 Å². The van der Waals surface area contributed by atoms with E-state index in [9.17, 15) is 9.59 Å². The van der Waals surface area contributed by atoms with Crippen molar-refractivity contribution in [2.75, 3.05) is 6.61 Å². The number of carbonyl (C=O) groups is 2. The summed E-state index contributed by atoms with van der Waals surface area (Å²) in [5.41, 5.74) is 2.06. The van der Waals surface area contributed by atoms with Crippen molar-refractivity contribution in [2.24, 2.45) is 0 Å². The van der Waals surface area contributed by atoms with E-state index in [0.29, 0.717) is 11.6 Å². The summed E-state index contributed by atoms with van der Waals surface area (Å²) in [7, 11) is 0. The smallest absolute Gasteiger partial charge is 0.357 e. The van der Waals surface area contributed by atoms with Crippen LogP contribution in [0.2, 0.25) is 0 Å². The van der Waals surface area contributed by atoms with Gasteiger partial charge in [0.2, 0.25) is 0 Å². The van der Waals surface area contributed by atoms with E-state index in [1.807, 2.05) is 44.2 Å². The first kappa shape index (κ1) is 18.2. The quantitative estimate of drug-likeness (QED) is 0.738. The summed E-state index contributed by atoms with van der Waals surface area (Å²) in [6, 6.07) is 11.4. The van der Waals surface area contributed by atoms with Crippen molar-refractivity contribution >= 4 is 11.9 Å². The first-order valence-electron chi connectivity index (χ1n) is 9.24. The summed E-state index contributed by atoms with van der Waals surface area (Å²) >= 11 is 0. The van der Waals surface area contributed by atoms with Gasteiger partial charge in [0.05, 0.1) is 11.4 Å². The average Bonchev–Trinajstić information content (AvgIpc) is 3.43. The highest BCUT2D eigenvalue weighted by Gasteiger charge is 2.29. The van der Waals surface area contributed by atoms with E-state index < -0.39 is 5.97 Å². The molecule has 0 radical (unpaired) electrons. The molecule has 3 rings (SSSR count). The molecule has 138 valence electrons. The fraction of sp³-hybridized carbons (Fsp3) is 0.450. The Balaban J connectivity index is 1.71. The topological polar surface area (TPSA) is 73.2 Å². The van der Waals surface area contributed by atoms with E-state index >= 15 is 0 Å². The second-order valence-corrected chi connectivity index (χ2v) is 6.63. The fourth-order valence-corrected chi connectivity index (χ4v) is 2.86. The largest absolute Gasteiger partial charge is 0.451 e.